The van der Waals surface area contributed by atoms with Crippen molar-refractivity contribution in [3.63, 3.8) is 0 Å². The van der Waals surface area contributed by atoms with Crippen LogP contribution in [0.15, 0.2) is 18.3 Å². The number of pyridine rings is 1. The van der Waals surface area contributed by atoms with Crippen LogP contribution in [-0.2, 0) is 0 Å². The van der Waals surface area contributed by atoms with Crippen LogP contribution in [0.1, 0.15) is 38.4 Å². The summed E-state index contributed by atoms with van der Waals surface area (Å²) < 4.78 is 12.7. The lowest BCUT2D eigenvalue weighted by molar-refractivity contribution is 0.442. The zero-order chi connectivity index (χ0) is 12.0. The number of halogens is 1. The molecule has 0 saturated carbocycles. The van der Waals surface area contributed by atoms with Crippen molar-refractivity contribution in [3.8, 4) is 12.3 Å². The zero-order valence-corrected chi connectivity index (χ0v) is 9.70. The number of nitrogens with zero attached hydrogens (tertiary/aromatic N) is 1. The van der Waals surface area contributed by atoms with E-state index in [2.05, 4.69) is 23.1 Å². The highest BCUT2D eigenvalue weighted by Crippen LogP contribution is 2.15. The van der Waals surface area contributed by atoms with Gasteiger partial charge in [-0.15, -0.1) is 12.3 Å². The normalized spacial score (nSPS) is 14.1. The number of hydrogen-bond acceptors (Lipinski definition) is 2. The quantitative estimate of drug-likeness (QED) is 0.772. The molecule has 0 amide bonds. The molecule has 0 aromatic carbocycles. The summed E-state index contributed by atoms with van der Waals surface area (Å²) in [5.74, 6) is 2.30. The number of rotatable bonds is 5. The van der Waals surface area contributed by atoms with Crippen LogP contribution in [0.5, 0.6) is 0 Å². The van der Waals surface area contributed by atoms with E-state index in [1.54, 1.807) is 6.07 Å². The van der Waals surface area contributed by atoms with Crippen LogP contribution in [0.2, 0.25) is 0 Å². The maximum atomic E-state index is 12.7. The van der Waals surface area contributed by atoms with E-state index in [0.29, 0.717) is 6.42 Å². The van der Waals surface area contributed by atoms with E-state index in [0.717, 1.165) is 12.1 Å². The fourth-order valence-electron chi connectivity index (χ4n) is 1.58. The molecule has 0 spiro atoms. The Balaban J connectivity index is 2.67. The Labute approximate surface area is 96.3 Å². The summed E-state index contributed by atoms with van der Waals surface area (Å²) in [7, 11) is 0. The molecule has 0 aliphatic heterocycles. The van der Waals surface area contributed by atoms with Gasteiger partial charge in [0.25, 0.3) is 0 Å². The summed E-state index contributed by atoms with van der Waals surface area (Å²) in [5, 5.41) is 3.38. The van der Waals surface area contributed by atoms with Crippen molar-refractivity contribution in [3.05, 3.63) is 29.8 Å². The van der Waals surface area contributed by atoms with E-state index in [1.165, 1.54) is 12.3 Å². The molecule has 0 radical (unpaired) electrons. The first-order valence-corrected chi connectivity index (χ1v) is 5.48. The minimum atomic E-state index is -0.310. The van der Waals surface area contributed by atoms with E-state index >= 15 is 0 Å². The minimum absolute atomic E-state index is 0.129. The maximum Gasteiger partial charge on any atom is 0.141 e. The van der Waals surface area contributed by atoms with Gasteiger partial charge in [0.05, 0.1) is 11.9 Å². The second kappa shape index (κ2) is 6.24. The third kappa shape index (κ3) is 3.63. The van der Waals surface area contributed by atoms with Crippen LogP contribution in [0, 0.1) is 18.2 Å². The smallest absolute Gasteiger partial charge is 0.141 e. The van der Waals surface area contributed by atoms with Gasteiger partial charge in [0.15, 0.2) is 0 Å². The molecule has 0 aliphatic carbocycles. The third-order valence-electron chi connectivity index (χ3n) is 2.43. The summed E-state index contributed by atoms with van der Waals surface area (Å²) in [6.07, 6.45) is 8.07. The van der Waals surface area contributed by atoms with Crippen molar-refractivity contribution in [2.45, 2.75) is 38.8 Å². The van der Waals surface area contributed by atoms with Crippen molar-refractivity contribution < 1.29 is 4.39 Å². The van der Waals surface area contributed by atoms with E-state index in [9.17, 15) is 4.39 Å². The molecule has 1 rings (SSSR count). The molecule has 0 saturated heterocycles. The van der Waals surface area contributed by atoms with Crippen LogP contribution in [0.3, 0.4) is 0 Å². The van der Waals surface area contributed by atoms with Gasteiger partial charge in [-0.3, -0.25) is 4.98 Å². The number of nitrogens with one attached hydrogen (secondary N) is 1. The average molecular weight is 220 g/mol. The molecule has 3 heteroatoms. The Morgan fingerprint density at radius 1 is 1.56 bits per heavy atom. The highest BCUT2D eigenvalue weighted by molar-refractivity contribution is 5.10. The summed E-state index contributed by atoms with van der Waals surface area (Å²) in [5.41, 5.74) is 0.854. The van der Waals surface area contributed by atoms with E-state index in [4.69, 9.17) is 6.42 Å². The lowest BCUT2D eigenvalue weighted by atomic mass is 10.1. The molecule has 2 unspecified atom stereocenters. The fraction of sp³-hybridized carbons (Fsp3) is 0.462. The summed E-state index contributed by atoms with van der Waals surface area (Å²) in [4.78, 5) is 4.07. The van der Waals surface area contributed by atoms with Gasteiger partial charge in [-0.05, 0) is 25.5 Å². The zero-order valence-electron chi connectivity index (χ0n) is 9.70. The number of hydrogen-bond donors (Lipinski definition) is 1. The lowest BCUT2D eigenvalue weighted by Gasteiger charge is -2.20. The lowest BCUT2D eigenvalue weighted by Crippen LogP contribution is -2.30. The van der Waals surface area contributed by atoms with Gasteiger partial charge in [0, 0.05) is 18.5 Å². The monoisotopic (exact) mass is 220 g/mol. The molecule has 2 nitrogen and oxygen atoms in total. The number of terminal acetylenes is 1. The first-order chi connectivity index (χ1) is 7.67. The van der Waals surface area contributed by atoms with Crippen molar-refractivity contribution in [2.24, 2.45) is 0 Å². The van der Waals surface area contributed by atoms with Gasteiger partial charge in [-0.2, -0.15) is 0 Å². The van der Waals surface area contributed by atoms with Gasteiger partial charge < -0.3 is 5.32 Å². The maximum absolute atomic E-state index is 12.7. The van der Waals surface area contributed by atoms with Crippen molar-refractivity contribution in [1.82, 2.24) is 10.3 Å². The predicted octanol–water partition coefficient (Wildman–Crippen LogP) is 2.67. The highest BCUT2D eigenvalue weighted by atomic mass is 19.1. The molecular formula is C13H17FN2. The van der Waals surface area contributed by atoms with Gasteiger partial charge in [-0.25, -0.2) is 4.39 Å². The van der Waals surface area contributed by atoms with Crippen molar-refractivity contribution in [2.75, 3.05) is 0 Å². The highest BCUT2D eigenvalue weighted by Gasteiger charge is 2.12. The standard InChI is InChI=1S/C13H17FN2/c1-4-6-10(3)16-12(5-2)13-8-7-11(14)9-15-13/h1,7-10,12,16H,5-6H2,2-3H3. The second-order valence-electron chi connectivity index (χ2n) is 3.84. The van der Waals surface area contributed by atoms with E-state index < -0.39 is 0 Å². The molecular weight excluding hydrogens is 203 g/mol. The van der Waals surface area contributed by atoms with Crippen LogP contribution < -0.4 is 5.32 Å². The molecule has 0 aliphatic rings. The molecule has 1 N–H and O–H groups in total. The minimum Gasteiger partial charge on any atom is -0.305 e. The van der Waals surface area contributed by atoms with Gasteiger partial charge in [-0.1, -0.05) is 6.92 Å². The Morgan fingerprint density at radius 2 is 2.31 bits per heavy atom. The van der Waals surface area contributed by atoms with Gasteiger partial charge >= 0.3 is 0 Å². The summed E-state index contributed by atoms with van der Waals surface area (Å²) >= 11 is 0. The first kappa shape index (κ1) is 12.7. The first-order valence-electron chi connectivity index (χ1n) is 5.48. The topological polar surface area (TPSA) is 24.9 Å². The van der Waals surface area contributed by atoms with Crippen LogP contribution in [0.25, 0.3) is 0 Å². The summed E-state index contributed by atoms with van der Waals surface area (Å²) in [6, 6.07) is 3.50. The van der Waals surface area contributed by atoms with Crippen LogP contribution >= 0.6 is 0 Å². The Kier molecular flexibility index (Phi) is 4.94. The van der Waals surface area contributed by atoms with Crippen LogP contribution in [0.4, 0.5) is 4.39 Å². The molecule has 2 atom stereocenters. The van der Waals surface area contributed by atoms with Crippen molar-refractivity contribution in [1.29, 1.82) is 0 Å². The van der Waals surface area contributed by atoms with E-state index in [1.807, 2.05) is 6.92 Å². The molecule has 0 fully saturated rings. The Morgan fingerprint density at radius 3 is 2.81 bits per heavy atom. The van der Waals surface area contributed by atoms with Gasteiger partial charge in [0.2, 0.25) is 0 Å². The third-order valence-corrected chi connectivity index (χ3v) is 2.43. The molecule has 1 heterocycles. The van der Waals surface area contributed by atoms with Gasteiger partial charge in [0.1, 0.15) is 5.82 Å². The van der Waals surface area contributed by atoms with Crippen LogP contribution in [-0.4, -0.2) is 11.0 Å². The predicted molar refractivity (Wildman–Crippen MR) is 63.3 cm³/mol. The fourth-order valence-corrected chi connectivity index (χ4v) is 1.58. The SMILES string of the molecule is C#CCC(C)NC(CC)c1ccc(F)cn1. The average Bonchev–Trinajstić information content (AvgIpc) is 2.27. The Bertz CT molecular complexity index is 353. The molecule has 86 valence electrons. The summed E-state index contributed by atoms with van der Waals surface area (Å²) in [6.45, 7) is 4.09. The molecule has 0 bridgehead atoms. The molecule has 1 aromatic rings. The van der Waals surface area contributed by atoms with Crippen molar-refractivity contribution >= 4 is 0 Å². The second-order valence-corrected chi connectivity index (χ2v) is 3.84. The molecule has 1 aromatic heterocycles. The molecule has 16 heavy (non-hydrogen) atoms. The Hall–Kier alpha value is -1.40. The largest absolute Gasteiger partial charge is 0.305 e. The number of aromatic nitrogens is 1. The van der Waals surface area contributed by atoms with E-state index in [-0.39, 0.29) is 17.9 Å².